The highest BCUT2D eigenvalue weighted by Crippen LogP contribution is 1.95. The molecule has 3 N–H and O–H groups in total. The van der Waals surface area contributed by atoms with E-state index in [1.807, 2.05) is 20.2 Å². The van der Waals surface area contributed by atoms with Crippen LogP contribution in [0.3, 0.4) is 0 Å². The van der Waals surface area contributed by atoms with Crippen LogP contribution < -0.4 is 11.3 Å². The highest BCUT2D eigenvalue weighted by atomic mass is 15.4. The Kier molecular flexibility index (Phi) is 2.56. The minimum absolute atomic E-state index is 0.242. The second-order valence-electron chi connectivity index (χ2n) is 2.66. The molecular formula is C6H13N5. The van der Waals surface area contributed by atoms with Crippen LogP contribution in [0.2, 0.25) is 0 Å². The largest absolute Gasteiger partial charge is 0.271 e. The van der Waals surface area contributed by atoms with E-state index in [9.17, 15) is 0 Å². The molecule has 1 unspecified atom stereocenters. The fraction of sp³-hybridized carbons (Fsp3) is 0.667. The molecule has 62 valence electrons. The molecule has 0 aliphatic carbocycles. The summed E-state index contributed by atoms with van der Waals surface area (Å²) in [6.07, 6.45) is 2.69. The van der Waals surface area contributed by atoms with Crippen molar-refractivity contribution in [1.82, 2.24) is 20.4 Å². The van der Waals surface area contributed by atoms with Crippen molar-refractivity contribution in [3.63, 3.8) is 0 Å². The molecule has 0 saturated heterocycles. The molecule has 0 fully saturated rings. The maximum Gasteiger partial charge on any atom is 0.0842 e. The zero-order valence-corrected chi connectivity index (χ0v) is 6.78. The number of nitrogens with zero attached hydrogens (tertiary/aromatic N) is 3. The van der Waals surface area contributed by atoms with Gasteiger partial charge in [0.1, 0.15) is 0 Å². The minimum Gasteiger partial charge on any atom is -0.271 e. The average Bonchev–Trinajstić information content (AvgIpc) is 2.35. The van der Waals surface area contributed by atoms with E-state index >= 15 is 0 Å². The summed E-state index contributed by atoms with van der Waals surface area (Å²) >= 11 is 0. The molecule has 1 aromatic heterocycles. The van der Waals surface area contributed by atoms with Crippen LogP contribution >= 0.6 is 0 Å². The molecule has 0 aliphatic heterocycles. The molecule has 1 atom stereocenters. The van der Waals surface area contributed by atoms with Crippen molar-refractivity contribution in [2.24, 2.45) is 12.9 Å². The Morgan fingerprint density at radius 1 is 1.82 bits per heavy atom. The average molecular weight is 155 g/mol. The lowest BCUT2D eigenvalue weighted by atomic mass is 10.2. The molecule has 0 radical (unpaired) electrons. The highest BCUT2D eigenvalue weighted by molar-refractivity contribution is 4.94. The predicted octanol–water partition coefficient (Wildman–Crippen LogP) is -0.791. The third-order valence-electron chi connectivity index (χ3n) is 1.45. The molecule has 1 rings (SSSR count). The fourth-order valence-electron chi connectivity index (χ4n) is 0.861. The van der Waals surface area contributed by atoms with E-state index in [-0.39, 0.29) is 6.04 Å². The molecule has 1 aromatic rings. The third kappa shape index (κ3) is 2.28. The number of rotatable bonds is 3. The molecule has 0 amide bonds. The van der Waals surface area contributed by atoms with Gasteiger partial charge in [-0.05, 0) is 6.92 Å². The van der Waals surface area contributed by atoms with Gasteiger partial charge in [0.15, 0.2) is 0 Å². The molecule has 11 heavy (non-hydrogen) atoms. The summed E-state index contributed by atoms with van der Waals surface area (Å²) in [6.45, 7) is 1.99. The fourth-order valence-corrected chi connectivity index (χ4v) is 0.861. The van der Waals surface area contributed by atoms with Gasteiger partial charge in [0.05, 0.1) is 5.69 Å². The van der Waals surface area contributed by atoms with Crippen molar-refractivity contribution in [2.45, 2.75) is 19.4 Å². The van der Waals surface area contributed by atoms with Gasteiger partial charge in [-0.15, -0.1) is 5.10 Å². The number of hydrazine groups is 1. The first-order valence-corrected chi connectivity index (χ1v) is 3.53. The summed E-state index contributed by atoms with van der Waals surface area (Å²) in [5, 5.41) is 7.72. The third-order valence-corrected chi connectivity index (χ3v) is 1.45. The zero-order chi connectivity index (χ0) is 8.27. The summed E-state index contributed by atoms with van der Waals surface area (Å²) in [5.74, 6) is 5.22. The summed E-state index contributed by atoms with van der Waals surface area (Å²) in [6, 6.07) is 0.242. The van der Waals surface area contributed by atoms with Crippen molar-refractivity contribution in [3.05, 3.63) is 11.9 Å². The lowest BCUT2D eigenvalue weighted by molar-refractivity contribution is 0.561. The molecule has 0 aromatic carbocycles. The Hall–Kier alpha value is -0.940. The maximum atomic E-state index is 5.22. The molecule has 0 spiro atoms. The van der Waals surface area contributed by atoms with E-state index in [0.29, 0.717) is 0 Å². The van der Waals surface area contributed by atoms with Gasteiger partial charge in [-0.25, -0.2) is 0 Å². The van der Waals surface area contributed by atoms with Crippen LogP contribution in [0.4, 0.5) is 0 Å². The van der Waals surface area contributed by atoms with Crippen LogP contribution in [-0.2, 0) is 13.5 Å². The van der Waals surface area contributed by atoms with Crippen LogP contribution in [-0.4, -0.2) is 21.0 Å². The van der Waals surface area contributed by atoms with Crippen molar-refractivity contribution >= 4 is 0 Å². The van der Waals surface area contributed by atoms with E-state index in [0.717, 1.165) is 12.1 Å². The standard InChI is InChI=1S/C6H13N5/c1-5(8-7)3-6-4-11(2)10-9-6/h4-5,8H,3,7H2,1-2H3. The molecule has 1 heterocycles. The smallest absolute Gasteiger partial charge is 0.0842 e. The van der Waals surface area contributed by atoms with E-state index < -0.39 is 0 Å². The van der Waals surface area contributed by atoms with Crippen molar-refractivity contribution in [3.8, 4) is 0 Å². The lowest BCUT2D eigenvalue weighted by Gasteiger charge is -2.05. The van der Waals surface area contributed by atoms with E-state index in [1.165, 1.54) is 0 Å². The highest BCUT2D eigenvalue weighted by Gasteiger charge is 2.03. The van der Waals surface area contributed by atoms with E-state index in [1.54, 1.807) is 4.68 Å². The van der Waals surface area contributed by atoms with Crippen molar-refractivity contribution in [1.29, 1.82) is 0 Å². The van der Waals surface area contributed by atoms with Gasteiger partial charge in [-0.2, -0.15) is 0 Å². The number of aryl methyl sites for hydroxylation is 1. The van der Waals surface area contributed by atoms with Gasteiger partial charge >= 0.3 is 0 Å². The Morgan fingerprint density at radius 2 is 2.55 bits per heavy atom. The first kappa shape index (κ1) is 8.16. The first-order chi connectivity index (χ1) is 5.22. The van der Waals surface area contributed by atoms with E-state index in [4.69, 9.17) is 5.84 Å². The lowest BCUT2D eigenvalue weighted by Crippen LogP contribution is -2.34. The normalized spacial score (nSPS) is 13.4. The first-order valence-electron chi connectivity index (χ1n) is 3.53. The quantitative estimate of drug-likeness (QED) is 0.443. The zero-order valence-electron chi connectivity index (χ0n) is 6.78. The van der Waals surface area contributed by atoms with E-state index in [2.05, 4.69) is 15.7 Å². The van der Waals surface area contributed by atoms with Crippen LogP contribution in [0.25, 0.3) is 0 Å². The molecule has 5 nitrogen and oxygen atoms in total. The second kappa shape index (κ2) is 3.45. The van der Waals surface area contributed by atoms with Crippen LogP contribution in [0.5, 0.6) is 0 Å². The van der Waals surface area contributed by atoms with Gasteiger partial charge in [-0.1, -0.05) is 5.21 Å². The SMILES string of the molecule is CC(Cc1cn(C)nn1)NN. The number of aromatic nitrogens is 3. The Bertz CT molecular complexity index is 219. The topological polar surface area (TPSA) is 68.8 Å². The van der Waals surface area contributed by atoms with Crippen LogP contribution in [0, 0.1) is 0 Å². The van der Waals surface area contributed by atoms with Crippen molar-refractivity contribution < 1.29 is 0 Å². The number of nitrogens with two attached hydrogens (primary N) is 1. The molecule has 0 bridgehead atoms. The monoisotopic (exact) mass is 155 g/mol. The summed E-state index contributed by atoms with van der Waals surface area (Å²) < 4.78 is 1.68. The van der Waals surface area contributed by atoms with Gasteiger partial charge < -0.3 is 0 Å². The summed E-state index contributed by atoms with van der Waals surface area (Å²) in [5.41, 5.74) is 3.60. The van der Waals surface area contributed by atoms with Gasteiger partial charge in [0, 0.05) is 25.7 Å². The molecular weight excluding hydrogens is 142 g/mol. The van der Waals surface area contributed by atoms with Gasteiger partial charge in [0.2, 0.25) is 0 Å². The van der Waals surface area contributed by atoms with Crippen LogP contribution in [0.1, 0.15) is 12.6 Å². The predicted molar refractivity (Wildman–Crippen MR) is 41.5 cm³/mol. The van der Waals surface area contributed by atoms with Crippen LogP contribution in [0.15, 0.2) is 6.20 Å². The molecule has 0 saturated carbocycles. The number of nitrogens with one attached hydrogen (secondary N) is 1. The minimum atomic E-state index is 0.242. The van der Waals surface area contributed by atoms with Gasteiger partial charge in [-0.3, -0.25) is 16.0 Å². The van der Waals surface area contributed by atoms with Gasteiger partial charge in [0.25, 0.3) is 0 Å². The summed E-state index contributed by atoms with van der Waals surface area (Å²) in [4.78, 5) is 0. The Labute approximate surface area is 65.5 Å². The maximum absolute atomic E-state index is 5.22. The van der Waals surface area contributed by atoms with Crippen molar-refractivity contribution in [2.75, 3.05) is 0 Å². The summed E-state index contributed by atoms with van der Waals surface area (Å²) in [7, 11) is 1.84. The second-order valence-corrected chi connectivity index (χ2v) is 2.66. The molecule has 5 heteroatoms. The Morgan fingerprint density at radius 3 is 3.00 bits per heavy atom. The number of hydrogen-bond donors (Lipinski definition) is 2. The Balaban J connectivity index is 2.50. The number of hydrogen-bond acceptors (Lipinski definition) is 4. The molecule has 0 aliphatic rings.